The highest BCUT2D eigenvalue weighted by atomic mass is 16.2. The zero-order valence-electron chi connectivity index (χ0n) is 13.2. The first-order chi connectivity index (χ1) is 9.99. The summed E-state index contributed by atoms with van der Waals surface area (Å²) < 4.78 is 0. The maximum Gasteiger partial charge on any atom is 0.321 e. The van der Waals surface area contributed by atoms with Crippen LogP contribution in [0, 0.1) is 11.3 Å². The highest BCUT2D eigenvalue weighted by Gasteiger charge is 2.15. The molecule has 0 fully saturated rings. The number of hydrogen-bond acceptors (Lipinski definition) is 3. The van der Waals surface area contributed by atoms with Gasteiger partial charge in [-0.25, -0.2) is 4.79 Å². The van der Waals surface area contributed by atoms with E-state index in [1.807, 2.05) is 31.2 Å². The van der Waals surface area contributed by atoms with E-state index in [0.29, 0.717) is 6.42 Å². The zero-order chi connectivity index (χ0) is 15.8. The number of nitrogens with one attached hydrogen (secondary N) is 2. The number of carbonyl (C=O) groups excluding carboxylic acids is 1. The lowest BCUT2D eigenvalue weighted by Gasteiger charge is -2.23. The minimum atomic E-state index is -0.203. The van der Waals surface area contributed by atoms with E-state index >= 15 is 0 Å². The maximum atomic E-state index is 12.0. The van der Waals surface area contributed by atoms with Crippen molar-refractivity contribution in [1.82, 2.24) is 10.2 Å². The van der Waals surface area contributed by atoms with Crippen molar-refractivity contribution in [3.63, 3.8) is 0 Å². The van der Waals surface area contributed by atoms with Crippen LogP contribution in [0.4, 0.5) is 10.5 Å². The molecule has 0 aliphatic heterocycles. The van der Waals surface area contributed by atoms with Gasteiger partial charge in [0.05, 0.1) is 12.5 Å². The second-order valence-corrected chi connectivity index (χ2v) is 5.15. The third kappa shape index (κ3) is 5.09. The molecule has 0 saturated heterocycles. The van der Waals surface area contributed by atoms with Gasteiger partial charge in [0, 0.05) is 24.8 Å². The van der Waals surface area contributed by atoms with Gasteiger partial charge in [0.15, 0.2) is 0 Å². The van der Waals surface area contributed by atoms with E-state index in [2.05, 4.69) is 30.6 Å². The molecule has 5 heteroatoms. The largest absolute Gasteiger partial charge is 0.324 e. The molecular formula is C16H24N4O. The van der Waals surface area contributed by atoms with E-state index in [1.165, 1.54) is 5.56 Å². The third-order valence-electron chi connectivity index (χ3n) is 3.54. The molecule has 0 aromatic heterocycles. The SMILES string of the molecule is CCNC(C)c1ccc(NC(=O)N(C)C(C)CC#N)cc1. The van der Waals surface area contributed by atoms with Gasteiger partial charge in [-0.15, -0.1) is 0 Å². The summed E-state index contributed by atoms with van der Waals surface area (Å²) in [5, 5.41) is 14.8. The summed E-state index contributed by atoms with van der Waals surface area (Å²) in [5.41, 5.74) is 1.93. The van der Waals surface area contributed by atoms with Crippen LogP contribution in [0.1, 0.15) is 38.8 Å². The Kier molecular flexibility index (Phi) is 6.70. The van der Waals surface area contributed by atoms with Crippen LogP contribution < -0.4 is 10.6 Å². The lowest BCUT2D eigenvalue weighted by Crippen LogP contribution is -2.38. The monoisotopic (exact) mass is 288 g/mol. The highest BCUT2D eigenvalue weighted by molar-refractivity contribution is 5.89. The Balaban J connectivity index is 2.63. The van der Waals surface area contributed by atoms with Gasteiger partial charge < -0.3 is 15.5 Å². The first kappa shape index (κ1) is 17.0. The zero-order valence-corrected chi connectivity index (χ0v) is 13.2. The fraction of sp³-hybridized carbons (Fsp3) is 0.500. The van der Waals surface area contributed by atoms with Crippen molar-refractivity contribution in [1.29, 1.82) is 5.26 Å². The number of hydrogen-bond donors (Lipinski definition) is 2. The van der Waals surface area contributed by atoms with Crippen LogP contribution in [0.15, 0.2) is 24.3 Å². The van der Waals surface area contributed by atoms with Crippen LogP contribution in [0.5, 0.6) is 0 Å². The van der Waals surface area contributed by atoms with E-state index in [1.54, 1.807) is 11.9 Å². The van der Waals surface area contributed by atoms with E-state index in [9.17, 15) is 4.79 Å². The molecule has 0 radical (unpaired) electrons. The van der Waals surface area contributed by atoms with Crippen molar-refractivity contribution in [3.8, 4) is 6.07 Å². The Morgan fingerprint density at radius 3 is 2.48 bits per heavy atom. The Hall–Kier alpha value is -2.06. The minimum Gasteiger partial charge on any atom is -0.324 e. The average molecular weight is 288 g/mol. The summed E-state index contributed by atoms with van der Waals surface area (Å²) in [7, 11) is 1.69. The summed E-state index contributed by atoms with van der Waals surface area (Å²) in [4.78, 5) is 13.6. The Morgan fingerprint density at radius 1 is 1.33 bits per heavy atom. The molecule has 1 rings (SSSR count). The van der Waals surface area contributed by atoms with Crippen molar-refractivity contribution in [2.24, 2.45) is 0 Å². The van der Waals surface area contributed by atoms with Crippen LogP contribution >= 0.6 is 0 Å². The molecule has 5 nitrogen and oxygen atoms in total. The summed E-state index contributed by atoms with van der Waals surface area (Å²) in [6.45, 7) is 6.95. The molecule has 0 aliphatic rings. The Labute approximate surface area is 126 Å². The van der Waals surface area contributed by atoms with Crippen molar-refractivity contribution in [2.45, 2.75) is 39.3 Å². The van der Waals surface area contributed by atoms with E-state index in [-0.39, 0.29) is 18.1 Å². The number of amides is 2. The second-order valence-electron chi connectivity index (χ2n) is 5.15. The predicted octanol–water partition coefficient (Wildman–Crippen LogP) is 3.12. The van der Waals surface area contributed by atoms with Crippen LogP contribution in [-0.2, 0) is 0 Å². The molecule has 1 aromatic rings. The minimum absolute atomic E-state index is 0.108. The Bertz CT molecular complexity index is 492. The number of nitriles is 1. The van der Waals surface area contributed by atoms with Crippen LogP contribution in [-0.4, -0.2) is 30.6 Å². The Morgan fingerprint density at radius 2 is 1.95 bits per heavy atom. The standard InChI is InChI=1S/C16H24N4O/c1-5-18-13(3)14-6-8-15(9-7-14)19-16(21)20(4)12(2)10-11-17/h6-9,12-13,18H,5,10H2,1-4H3,(H,19,21). The molecule has 0 heterocycles. The van der Waals surface area contributed by atoms with Crippen LogP contribution in [0.25, 0.3) is 0 Å². The fourth-order valence-electron chi connectivity index (χ4n) is 1.96. The highest BCUT2D eigenvalue weighted by Crippen LogP contribution is 2.16. The van der Waals surface area contributed by atoms with Crippen molar-refractivity contribution < 1.29 is 4.79 Å². The summed E-state index contributed by atoms with van der Waals surface area (Å²) in [5.74, 6) is 0. The van der Waals surface area contributed by atoms with Crippen LogP contribution in [0.2, 0.25) is 0 Å². The molecule has 2 unspecified atom stereocenters. The number of benzene rings is 1. The van der Waals surface area contributed by atoms with E-state index in [0.717, 1.165) is 12.2 Å². The molecule has 21 heavy (non-hydrogen) atoms. The number of anilines is 1. The third-order valence-corrected chi connectivity index (χ3v) is 3.54. The van der Waals surface area contributed by atoms with Gasteiger partial charge in [-0.2, -0.15) is 5.26 Å². The smallest absolute Gasteiger partial charge is 0.321 e. The summed E-state index contributed by atoms with van der Waals surface area (Å²) >= 11 is 0. The lowest BCUT2D eigenvalue weighted by atomic mass is 10.1. The van der Waals surface area contributed by atoms with Gasteiger partial charge in [-0.05, 0) is 38.1 Å². The molecule has 1 aromatic carbocycles. The average Bonchev–Trinajstić information content (AvgIpc) is 2.47. The van der Waals surface area contributed by atoms with Gasteiger partial charge in [-0.3, -0.25) is 0 Å². The molecule has 0 aliphatic carbocycles. The van der Waals surface area contributed by atoms with Crippen molar-refractivity contribution >= 4 is 11.7 Å². The molecule has 0 spiro atoms. The van der Waals surface area contributed by atoms with Crippen molar-refractivity contribution in [2.75, 3.05) is 18.9 Å². The first-order valence-electron chi connectivity index (χ1n) is 7.23. The molecule has 114 valence electrons. The molecule has 2 N–H and O–H groups in total. The van der Waals surface area contributed by atoms with Crippen molar-refractivity contribution in [3.05, 3.63) is 29.8 Å². The van der Waals surface area contributed by atoms with Crippen LogP contribution in [0.3, 0.4) is 0 Å². The van der Waals surface area contributed by atoms with Gasteiger partial charge in [-0.1, -0.05) is 19.1 Å². The second kappa shape index (κ2) is 8.28. The van der Waals surface area contributed by atoms with Gasteiger partial charge in [0.1, 0.15) is 0 Å². The van der Waals surface area contributed by atoms with Gasteiger partial charge in [0.25, 0.3) is 0 Å². The summed E-state index contributed by atoms with van der Waals surface area (Å²) in [6.07, 6.45) is 0.322. The number of carbonyl (C=O) groups is 1. The van der Waals surface area contributed by atoms with E-state index < -0.39 is 0 Å². The quantitative estimate of drug-likeness (QED) is 0.845. The molecular weight excluding hydrogens is 264 g/mol. The number of urea groups is 1. The molecule has 2 atom stereocenters. The van der Waals surface area contributed by atoms with Gasteiger partial charge in [0.2, 0.25) is 0 Å². The van der Waals surface area contributed by atoms with Gasteiger partial charge >= 0.3 is 6.03 Å². The molecule has 2 amide bonds. The molecule has 0 bridgehead atoms. The normalized spacial score (nSPS) is 13.1. The fourth-order valence-corrected chi connectivity index (χ4v) is 1.96. The molecule has 0 saturated carbocycles. The first-order valence-corrected chi connectivity index (χ1v) is 7.23. The number of nitrogens with zero attached hydrogens (tertiary/aromatic N) is 2. The lowest BCUT2D eigenvalue weighted by molar-refractivity contribution is 0.208. The van der Waals surface area contributed by atoms with E-state index in [4.69, 9.17) is 5.26 Å². The predicted molar refractivity (Wildman–Crippen MR) is 85.0 cm³/mol. The summed E-state index contributed by atoms with van der Waals surface area (Å²) in [6, 6.07) is 9.84. The topological polar surface area (TPSA) is 68.2 Å². The maximum absolute atomic E-state index is 12.0. The number of rotatable bonds is 6.